The Hall–Kier alpha value is -4.13. The zero-order chi connectivity index (χ0) is 22.8. The second-order valence-electron chi connectivity index (χ2n) is 7.08. The number of hydrogen-bond acceptors (Lipinski definition) is 5. The van der Waals surface area contributed by atoms with Gasteiger partial charge in [0.2, 0.25) is 11.8 Å². The summed E-state index contributed by atoms with van der Waals surface area (Å²) in [5.74, 6) is -0.707. The number of benzene rings is 3. The molecule has 0 aliphatic heterocycles. The summed E-state index contributed by atoms with van der Waals surface area (Å²) in [4.78, 5) is 35.7. The van der Waals surface area contributed by atoms with Crippen LogP contribution in [0, 0.1) is 0 Å². The molecule has 7 heteroatoms. The van der Waals surface area contributed by atoms with Gasteiger partial charge >= 0.3 is 5.97 Å². The summed E-state index contributed by atoms with van der Waals surface area (Å²) in [5.41, 5.74) is 3.57. The first kappa shape index (κ1) is 22.6. The molecular weight excluding hydrogens is 406 g/mol. The summed E-state index contributed by atoms with van der Waals surface area (Å²) in [5, 5.41) is 8.66. The number of amides is 2. The quantitative estimate of drug-likeness (QED) is 0.444. The number of anilines is 3. The Morgan fingerprint density at radius 2 is 1.28 bits per heavy atom. The van der Waals surface area contributed by atoms with Crippen molar-refractivity contribution in [2.45, 2.75) is 12.8 Å². The largest absolute Gasteiger partial charge is 0.465 e. The van der Waals surface area contributed by atoms with Gasteiger partial charge in [0, 0.05) is 23.5 Å². The molecule has 0 bridgehead atoms. The summed E-state index contributed by atoms with van der Waals surface area (Å²) in [6, 6.07) is 23.5. The summed E-state index contributed by atoms with van der Waals surface area (Å²) < 4.78 is 4.65. The third kappa shape index (κ3) is 6.98. The van der Waals surface area contributed by atoms with Gasteiger partial charge in [0.05, 0.1) is 19.2 Å². The van der Waals surface area contributed by atoms with E-state index in [9.17, 15) is 14.4 Å². The van der Waals surface area contributed by atoms with Gasteiger partial charge in [-0.05, 0) is 60.5 Å². The van der Waals surface area contributed by atoms with Gasteiger partial charge in [-0.2, -0.15) is 0 Å². The maximum atomic E-state index is 12.1. The minimum Gasteiger partial charge on any atom is -0.465 e. The molecule has 3 rings (SSSR count). The normalized spacial score (nSPS) is 10.2. The molecule has 0 aromatic heterocycles. The predicted octanol–water partition coefficient (Wildman–Crippen LogP) is 4.10. The average Bonchev–Trinajstić information content (AvgIpc) is 2.83. The van der Waals surface area contributed by atoms with Crippen molar-refractivity contribution in [3.8, 4) is 0 Å². The fraction of sp³-hybridized carbons (Fsp3) is 0.160. The van der Waals surface area contributed by atoms with Gasteiger partial charge < -0.3 is 20.7 Å². The first-order chi connectivity index (χ1) is 15.5. The lowest BCUT2D eigenvalue weighted by Crippen LogP contribution is -2.21. The van der Waals surface area contributed by atoms with Gasteiger partial charge in [-0.15, -0.1) is 0 Å². The monoisotopic (exact) mass is 431 g/mol. The Labute approximate surface area is 186 Å². The molecule has 32 heavy (non-hydrogen) atoms. The van der Waals surface area contributed by atoms with E-state index in [0.717, 1.165) is 11.3 Å². The van der Waals surface area contributed by atoms with Crippen LogP contribution in [0.3, 0.4) is 0 Å². The van der Waals surface area contributed by atoms with E-state index in [1.165, 1.54) is 7.11 Å². The van der Waals surface area contributed by atoms with Crippen molar-refractivity contribution in [3.63, 3.8) is 0 Å². The number of nitrogens with one attached hydrogen (secondary N) is 3. The van der Waals surface area contributed by atoms with Crippen LogP contribution in [0.4, 0.5) is 17.1 Å². The Morgan fingerprint density at radius 1 is 0.719 bits per heavy atom. The van der Waals surface area contributed by atoms with E-state index in [2.05, 4.69) is 20.7 Å². The van der Waals surface area contributed by atoms with Crippen molar-refractivity contribution in [3.05, 3.63) is 90.0 Å². The van der Waals surface area contributed by atoms with Crippen LogP contribution < -0.4 is 16.0 Å². The van der Waals surface area contributed by atoms with Gasteiger partial charge in [0.25, 0.3) is 0 Å². The highest BCUT2D eigenvalue weighted by Crippen LogP contribution is 2.15. The first-order valence-electron chi connectivity index (χ1n) is 10.2. The SMILES string of the molecule is COC(=O)c1ccc(NC(=O)CNc2ccc(NC(=O)CCc3ccccc3)cc2)cc1. The average molecular weight is 431 g/mol. The van der Waals surface area contributed by atoms with E-state index >= 15 is 0 Å². The summed E-state index contributed by atoms with van der Waals surface area (Å²) in [6.45, 7) is 0.0710. The van der Waals surface area contributed by atoms with Crippen molar-refractivity contribution in [1.29, 1.82) is 0 Å². The van der Waals surface area contributed by atoms with Crippen LogP contribution in [0.1, 0.15) is 22.3 Å². The van der Waals surface area contributed by atoms with E-state index in [1.807, 2.05) is 30.3 Å². The lowest BCUT2D eigenvalue weighted by Gasteiger charge is -2.10. The van der Waals surface area contributed by atoms with Crippen molar-refractivity contribution in [2.24, 2.45) is 0 Å². The minimum absolute atomic E-state index is 0.0489. The molecule has 0 saturated heterocycles. The molecule has 3 aromatic rings. The molecule has 3 aromatic carbocycles. The molecule has 0 saturated carbocycles. The number of carbonyl (C=O) groups is 3. The standard InChI is InChI=1S/C25H25N3O4/c1-32-25(31)19-8-10-21(11-9-19)28-24(30)17-26-20-12-14-22(15-13-20)27-23(29)16-7-18-5-3-2-4-6-18/h2-6,8-15,26H,7,16-17H2,1H3,(H,27,29)(H,28,30). The van der Waals surface area contributed by atoms with Crippen LogP contribution in [0.25, 0.3) is 0 Å². The lowest BCUT2D eigenvalue weighted by molar-refractivity contribution is -0.116. The molecule has 7 nitrogen and oxygen atoms in total. The van der Waals surface area contributed by atoms with Crippen LogP contribution in [0.15, 0.2) is 78.9 Å². The number of esters is 1. The van der Waals surface area contributed by atoms with Crippen molar-refractivity contribution < 1.29 is 19.1 Å². The van der Waals surface area contributed by atoms with E-state index in [-0.39, 0.29) is 18.4 Å². The molecule has 0 heterocycles. The summed E-state index contributed by atoms with van der Waals surface area (Å²) in [7, 11) is 1.32. The van der Waals surface area contributed by atoms with Gasteiger partial charge in [0.1, 0.15) is 0 Å². The molecule has 0 aliphatic carbocycles. The number of ether oxygens (including phenoxy) is 1. The predicted molar refractivity (Wildman–Crippen MR) is 125 cm³/mol. The zero-order valence-corrected chi connectivity index (χ0v) is 17.8. The highest BCUT2D eigenvalue weighted by atomic mass is 16.5. The maximum Gasteiger partial charge on any atom is 0.337 e. The van der Waals surface area contributed by atoms with Gasteiger partial charge in [-0.1, -0.05) is 30.3 Å². The van der Waals surface area contributed by atoms with E-state index < -0.39 is 5.97 Å². The Kier molecular flexibility index (Phi) is 7.97. The fourth-order valence-electron chi connectivity index (χ4n) is 2.99. The Morgan fingerprint density at radius 3 is 1.91 bits per heavy atom. The Bertz CT molecular complexity index is 1050. The number of hydrogen-bond donors (Lipinski definition) is 3. The van der Waals surface area contributed by atoms with Crippen LogP contribution in [0.2, 0.25) is 0 Å². The second-order valence-corrected chi connectivity index (χ2v) is 7.08. The smallest absolute Gasteiger partial charge is 0.337 e. The molecule has 3 N–H and O–H groups in total. The Balaban J connectivity index is 1.41. The van der Waals surface area contributed by atoms with Crippen molar-refractivity contribution in [1.82, 2.24) is 0 Å². The lowest BCUT2D eigenvalue weighted by atomic mass is 10.1. The highest BCUT2D eigenvalue weighted by molar-refractivity contribution is 5.95. The summed E-state index contributed by atoms with van der Waals surface area (Å²) >= 11 is 0. The third-order valence-corrected chi connectivity index (χ3v) is 4.70. The summed E-state index contributed by atoms with van der Waals surface area (Å²) in [6.07, 6.45) is 1.09. The van der Waals surface area contributed by atoms with Gasteiger partial charge in [-0.3, -0.25) is 9.59 Å². The zero-order valence-electron chi connectivity index (χ0n) is 17.8. The molecule has 0 unspecified atom stereocenters. The minimum atomic E-state index is -0.430. The maximum absolute atomic E-state index is 12.1. The van der Waals surface area contributed by atoms with E-state index in [1.54, 1.807) is 48.5 Å². The number of rotatable bonds is 9. The number of carbonyl (C=O) groups excluding carboxylic acids is 3. The molecule has 0 atom stereocenters. The molecule has 164 valence electrons. The van der Waals surface area contributed by atoms with Crippen LogP contribution in [-0.4, -0.2) is 31.4 Å². The van der Waals surface area contributed by atoms with E-state index in [4.69, 9.17) is 0 Å². The van der Waals surface area contributed by atoms with Crippen LogP contribution >= 0.6 is 0 Å². The molecular formula is C25H25N3O4. The molecule has 0 radical (unpaired) electrons. The van der Waals surface area contributed by atoms with E-state index in [0.29, 0.717) is 29.8 Å². The highest BCUT2D eigenvalue weighted by Gasteiger charge is 2.07. The molecule has 2 amide bonds. The molecule has 0 fully saturated rings. The molecule has 0 spiro atoms. The third-order valence-electron chi connectivity index (χ3n) is 4.70. The second kappa shape index (κ2) is 11.3. The topological polar surface area (TPSA) is 96.5 Å². The van der Waals surface area contributed by atoms with Crippen molar-refractivity contribution >= 4 is 34.8 Å². The number of aryl methyl sites for hydroxylation is 1. The van der Waals surface area contributed by atoms with Crippen molar-refractivity contribution in [2.75, 3.05) is 29.6 Å². The fourth-order valence-corrected chi connectivity index (χ4v) is 2.99. The van der Waals surface area contributed by atoms with Crippen LogP contribution in [-0.2, 0) is 20.7 Å². The number of methoxy groups -OCH3 is 1. The van der Waals surface area contributed by atoms with Gasteiger partial charge in [-0.25, -0.2) is 4.79 Å². The van der Waals surface area contributed by atoms with Crippen LogP contribution in [0.5, 0.6) is 0 Å². The first-order valence-corrected chi connectivity index (χ1v) is 10.2. The van der Waals surface area contributed by atoms with Gasteiger partial charge in [0.15, 0.2) is 0 Å². The molecule has 0 aliphatic rings.